The van der Waals surface area contributed by atoms with Crippen molar-refractivity contribution in [2.24, 2.45) is 0 Å². The predicted molar refractivity (Wildman–Crippen MR) is 173 cm³/mol. The molecular weight excluding hydrogens is 652 g/mol. The fourth-order valence-electron chi connectivity index (χ4n) is 4.86. The number of aromatic nitrogens is 2. The van der Waals surface area contributed by atoms with Crippen LogP contribution in [-0.4, -0.2) is 55.7 Å². The summed E-state index contributed by atoms with van der Waals surface area (Å²) in [6.07, 6.45) is -0.888. The average Bonchev–Trinajstić information content (AvgIpc) is 2.95. The molecule has 2 aromatic carbocycles. The molecule has 1 amide bonds. The lowest BCUT2D eigenvalue weighted by Gasteiger charge is -2.28. The maximum absolute atomic E-state index is 14.1. The van der Waals surface area contributed by atoms with Crippen molar-refractivity contribution in [3.8, 4) is 0 Å². The molecule has 0 bridgehead atoms. The van der Waals surface area contributed by atoms with E-state index in [9.17, 15) is 27.0 Å². The van der Waals surface area contributed by atoms with Gasteiger partial charge in [-0.3, -0.25) is 18.5 Å². The third-order valence-electron chi connectivity index (χ3n) is 6.89. The fraction of sp³-hybridized carbons (Fsp3) is 0.516. The smallest absolute Gasteiger partial charge is 0.416 e. The van der Waals surface area contributed by atoms with Crippen LogP contribution in [0.15, 0.2) is 40.3 Å². The zero-order chi connectivity index (χ0) is 33.5. The molecule has 1 aliphatic heterocycles. The van der Waals surface area contributed by atoms with Gasteiger partial charge in [-0.1, -0.05) is 36.5 Å². The van der Waals surface area contributed by atoms with Gasteiger partial charge in [-0.25, -0.2) is 9.78 Å². The summed E-state index contributed by atoms with van der Waals surface area (Å²) in [5, 5.41) is 2.56. The Morgan fingerprint density at radius 3 is 2.31 bits per heavy atom. The van der Waals surface area contributed by atoms with Gasteiger partial charge in [-0.2, -0.15) is 13.2 Å². The zero-order valence-electron chi connectivity index (χ0n) is 26.0. The van der Waals surface area contributed by atoms with E-state index in [1.54, 1.807) is 25.1 Å². The molecule has 14 heteroatoms. The molecular formula is C31H39Cl2F3N4O4S. The number of nitrogens with zero attached hydrogens (tertiary/aromatic N) is 3. The quantitative estimate of drug-likeness (QED) is 0.278. The van der Waals surface area contributed by atoms with Crippen LogP contribution in [0.1, 0.15) is 70.6 Å². The maximum atomic E-state index is 14.1. The Kier molecular flexibility index (Phi) is 12.9. The van der Waals surface area contributed by atoms with Crippen molar-refractivity contribution in [3.05, 3.63) is 67.7 Å². The molecule has 0 aliphatic carbocycles. The highest BCUT2D eigenvalue weighted by Gasteiger charge is 2.36. The van der Waals surface area contributed by atoms with Crippen LogP contribution in [0, 0.1) is 0 Å². The molecule has 1 N–H and O–H groups in total. The number of carbonyl (C=O) groups excluding carboxylic acids is 1. The van der Waals surface area contributed by atoms with Gasteiger partial charge in [0.25, 0.3) is 5.56 Å². The van der Waals surface area contributed by atoms with Gasteiger partial charge in [-0.15, -0.1) is 0 Å². The first kappa shape index (κ1) is 36.8. The third kappa shape index (κ3) is 10.2. The highest BCUT2D eigenvalue weighted by molar-refractivity contribution is 7.85. The number of halogens is 5. The van der Waals surface area contributed by atoms with Gasteiger partial charge in [0.2, 0.25) is 0 Å². The molecule has 1 fully saturated rings. The van der Waals surface area contributed by atoms with Gasteiger partial charge < -0.3 is 10.1 Å². The minimum atomic E-state index is -4.69. The van der Waals surface area contributed by atoms with Crippen molar-refractivity contribution in [1.82, 2.24) is 19.8 Å². The van der Waals surface area contributed by atoms with E-state index in [0.29, 0.717) is 40.9 Å². The topological polar surface area (TPSA) is 93.5 Å². The lowest BCUT2D eigenvalue weighted by atomic mass is 10.0. The number of rotatable bonds is 7. The number of amides is 1. The monoisotopic (exact) mass is 690 g/mol. The Labute approximate surface area is 273 Å². The number of piperidine rings is 1. The summed E-state index contributed by atoms with van der Waals surface area (Å²) in [6, 6.07) is 5.68. The van der Waals surface area contributed by atoms with Crippen molar-refractivity contribution in [2.75, 3.05) is 25.4 Å². The number of hydrogen-bond acceptors (Lipinski definition) is 6. The summed E-state index contributed by atoms with van der Waals surface area (Å²) in [4.78, 5) is 30.7. The maximum Gasteiger partial charge on any atom is 0.416 e. The first-order valence-electron chi connectivity index (χ1n) is 14.7. The number of nitrogens with one attached hydrogen (secondary N) is 1. The molecule has 4 rings (SSSR count). The molecule has 1 aliphatic rings. The number of fused-ring (bicyclic) bond motifs is 1. The summed E-state index contributed by atoms with van der Waals surface area (Å²) in [7, 11) is -1.31. The summed E-state index contributed by atoms with van der Waals surface area (Å²) >= 11 is 12.6. The summed E-state index contributed by atoms with van der Waals surface area (Å²) in [5.74, 6) is 0.365. The summed E-state index contributed by atoms with van der Waals surface area (Å²) in [6.45, 7) is 11.1. The van der Waals surface area contributed by atoms with Crippen LogP contribution in [-0.2, 0) is 34.8 Å². The number of alkyl carbamates (subject to hydrolysis) is 1. The molecule has 8 nitrogen and oxygen atoms in total. The minimum absolute atomic E-state index is 0.0383. The Morgan fingerprint density at radius 1 is 1.07 bits per heavy atom. The van der Waals surface area contributed by atoms with Gasteiger partial charge >= 0.3 is 12.3 Å². The molecule has 1 aromatic heterocycles. The molecule has 248 valence electrons. The molecule has 0 spiro atoms. The van der Waals surface area contributed by atoms with Crippen LogP contribution in [0.4, 0.5) is 18.0 Å². The molecule has 2 heterocycles. The van der Waals surface area contributed by atoms with Crippen LogP contribution in [0.25, 0.3) is 10.9 Å². The second-order valence-electron chi connectivity index (χ2n) is 11.5. The van der Waals surface area contributed by atoms with Crippen LogP contribution in [0.5, 0.6) is 0 Å². The number of hydrogen-bond donors (Lipinski definition) is 1. The standard InChI is InChI=1S/C24H24Cl2F3N3O2S.C7H15NO2/c1-2-35(34)20-7-6-16(25)10-15(20)12-32-14-30-22-17(23(32)33)11-19(24(27,28)29)18(21(22)26)13-31-8-4-3-5-9-31;1-5-8-6(9)10-7(2,3)4/h6-7,10-11,14H,2-5,8-9,12-13H2,1H3;5H2,1-4H3,(H,8,9). The highest BCUT2D eigenvalue weighted by Crippen LogP contribution is 2.39. The molecule has 0 saturated carbocycles. The molecule has 1 saturated heterocycles. The van der Waals surface area contributed by atoms with Gasteiger partial charge in [0, 0.05) is 28.8 Å². The fourth-order valence-corrected chi connectivity index (χ4v) is 6.31. The van der Waals surface area contributed by atoms with Crippen molar-refractivity contribution >= 4 is 51.0 Å². The predicted octanol–water partition coefficient (Wildman–Crippen LogP) is 7.41. The minimum Gasteiger partial charge on any atom is -0.444 e. The molecule has 45 heavy (non-hydrogen) atoms. The van der Waals surface area contributed by atoms with Crippen molar-refractivity contribution < 1.29 is 26.9 Å². The van der Waals surface area contributed by atoms with Gasteiger partial charge in [0.05, 0.1) is 45.2 Å². The lowest BCUT2D eigenvalue weighted by Crippen LogP contribution is -2.32. The van der Waals surface area contributed by atoms with Crippen molar-refractivity contribution in [1.29, 1.82) is 0 Å². The Hall–Kier alpha value is -2.67. The van der Waals surface area contributed by atoms with E-state index in [0.717, 1.165) is 25.3 Å². The van der Waals surface area contributed by atoms with E-state index in [2.05, 4.69) is 10.3 Å². The van der Waals surface area contributed by atoms with Gasteiger partial charge in [0.15, 0.2) is 0 Å². The van der Waals surface area contributed by atoms with Gasteiger partial charge in [-0.05, 0) is 89.0 Å². The van der Waals surface area contributed by atoms with Crippen LogP contribution < -0.4 is 10.9 Å². The summed E-state index contributed by atoms with van der Waals surface area (Å²) < 4.78 is 60.7. The zero-order valence-corrected chi connectivity index (χ0v) is 28.4. The van der Waals surface area contributed by atoms with Crippen molar-refractivity contribution in [3.63, 3.8) is 0 Å². The largest absolute Gasteiger partial charge is 0.444 e. The summed E-state index contributed by atoms with van der Waals surface area (Å²) in [5.41, 5.74) is -1.47. The number of carbonyl (C=O) groups is 1. The Morgan fingerprint density at radius 2 is 1.73 bits per heavy atom. The molecule has 3 aromatic rings. The van der Waals surface area contributed by atoms with E-state index < -0.39 is 28.1 Å². The molecule has 1 atom stereocenters. The average molecular weight is 692 g/mol. The van der Waals surface area contributed by atoms with Crippen molar-refractivity contribution in [2.45, 2.75) is 83.6 Å². The first-order valence-corrected chi connectivity index (χ1v) is 16.8. The van der Waals surface area contributed by atoms with E-state index in [4.69, 9.17) is 27.9 Å². The SMILES string of the molecule is CCNC(=O)OC(C)(C)C.CCS(=O)c1ccc(Cl)cc1Cn1cnc2c(Cl)c(CN3CCCCC3)c(C(F)(F)F)cc2c1=O. The number of alkyl halides is 3. The lowest BCUT2D eigenvalue weighted by molar-refractivity contribution is -0.138. The van der Waals surface area contributed by atoms with Crippen LogP contribution in [0.2, 0.25) is 10.0 Å². The molecule has 0 radical (unpaired) electrons. The first-order chi connectivity index (χ1) is 21.1. The highest BCUT2D eigenvalue weighted by atomic mass is 35.5. The normalized spacial score (nSPS) is 14.9. The Balaban J connectivity index is 0.000000477. The van der Waals surface area contributed by atoms with Crippen LogP contribution >= 0.6 is 23.2 Å². The number of likely N-dealkylation sites (tertiary alicyclic amines) is 1. The van der Waals surface area contributed by atoms with Gasteiger partial charge in [0.1, 0.15) is 5.60 Å². The van der Waals surface area contributed by atoms with E-state index in [1.807, 2.05) is 32.6 Å². The Bertz CT molecular complexity index is 1590. The molecule has 1 unspecified atom stereocenters. The van der Waals surface area contributed by atoms with E-state index in [1.165, 1.54) is 10.9 Å². The second kappa shape index (κ2) is 15.8. The third-order valence-corrected chi connectivity index (χ3v) is 8.94. The van der Waals surface area contributed by atoms with Crippen LogP contribution in [0.3, 0.4) is 0 Å². The number of ether oxygens (including phenoxy) is 1. The number of benzene rings is 2. The second-order valence-corrected chi connectivity index (χ2v) is 14.1. The van der Waals surface area contributed by atoms with E-state index >= 15 is 0 Å². The van der Waals surface area contributed by atoms with E-state index in [-0.39, 0.29) is 46.3 Å².